The standard InChI is InChI=1S/C19H28N6O3/c1-4-8-24-17-15(18(27)25(9-5-2)19(24)28)22-16(23-17)13-6-7-14(20-10-13)21-12(3)11-26/h6-7,10,12,15,17,26H,4-5,8-9,11H2,1-3H3,(H,20,21)(H,22,23). The Morgan fingerprint density at radius 1 is 1.25 bits per heavy atom. The van der Waals surface area contributed by atoms with E-state index in [9.17, 15) is 9.59 Å². The van der Waals surface area contributed by atoms with Crippen LogP contribution in [0.2, 0.25) is 0 Å². The highest BCUT2D eigenvalue weighted by molar-refractivity contribution is 6.08. The van der Waals surface area contributed by atoms with Crippen LogP contribution in [0.3, 0.4) is 0 Å². The molecule has 1 saturated heterocycles. The molecule has 0 aliphatic carbocycles. The van der Waals surface area contributed by atoms with Crippen molar-refractivity contribution in [2.75, 3.05) is 25.0 Å². The molecular weight excluding hydrogens is 360 g/mol. The highest BCUT2D eigenvalue weighted by Crippen LogP contribution is 2.25. The molecule has 9 nitrogen and oxygen atoms in total. The Kier molecular flexibility index (Phi) is 6.13. The topological polar surface area (TPSA) is 110 Å². The van der Waals surface area contributed by atoms with Gasteiger partial charge in [-0.2, -0.15) is 0 Å². The second-order valence-corrected chi connectivity index (χ2v) is 7.14. The van der Waals surface area contributed by atoms with Crippen molar-refractivity contribution in [3.05, 3.63) is 23.9 Å². The van der Waals surface area contributed by atoms with Gasteiger partial charge in [-0.3, -0.25) is 14.6 Å². The Morgan fingerprint density at radius 2 is 2.00 bits per heavy atom. The van der Waals surface area contributed by atoms with Crippen LogP contribution in [0.4, 0.5) is 10.6 Å². The van der Waals surface area contributed by atoms with Crippen LogP contribution in [0, 0.1) is 0 Å². The molecule has 28 heavy (non-hydrogen) atoms. The minimum absolute atomic E-state index is 0.0126. The molecule has 0 aromatic carbocycles. The lowest BCUT2D eigenvalue weighted by Gasteiger charge is -2.40. The third kappa shape index (κ3) is 3.80. The van der Waals surface area contributed by atoms with Crippen molar-refractivity contribution in [2.45, 2.75) is 51.9 Å². The maximum Gasteiger partial charge on any atom is 0.328 e. The summed E-state index contributed by atoms with van der Waals surface area (Å²) >= 11 is 0. The number of aromatic nitrogens is 1. The molecule has 3 amide bonds. The smallest absolute Gasteiger partial charge is 0.328 e. The van der Waals surface area contributed by atoms with Gasteiger partial charge in [-0.1, -0.05) is 13.8 Å². The lowest BCUT2D eigenvalue weighted by Crippen LogP contribution is -2.65. The van der Waals surface area contributed by atoms with E-state index in [2.05, 4.69) is 20.6 Å². The summed E-state index contributed by atoms with van der Waals surface area (Å²) in [6.07, 6.45) is 2.64. The van der Waals surface area contributed by atoms with Gasteiger partial charge in [0.05, 0.1) is 6.61 Å². The normalized spacial score (nSPS) is 22.6. The SMILES string of the molecule is CCCN1C(=O)C2NC(c3ccc(NC(C)CO)nc3)=NC2N(CCC)C1=O. The summed E-state index contributed by atoms with van der Waals surface area (Å²) in [5.74, 6) is 0.977. The average Bonchev–Trinajstić information content (AvgIpc) is 3.14. The van der Waals surface area contributed by atoms with E-state index in [4.69, 9.17) is 5.11 Å². The van der Waals surface area contributed by atoms with Crippen LogP contribution >= 0.6 is 0 Å². The van der Waals surface area contributed by atoms with Gasteiger partial charge >= 0.3 is 6.03 Å². The van der Waals surface area contributed by atoms with E-state index < -0.39 is 12.2 Å². The molecule has 152 valence electrons. The van der Waals surface area contributed by atoms with Gasteiger partial charge in [-0.25, -0.2) is 14.8 Å². The molecule has 1 aromatic rings. The van der Waals surface area contributed by atoms with E-state index in [1.54, 1.807) is 17.2 Å². The summed E-state index contributed by atoms with van der Waals surface area (Å²) in [5, 5.41) is 15.4. The van der Waals surface area contributed by atoms with Gasteiger partial charge in [0, 0.05) is 30.9 Å². The summed E-state index contributed by atoms with van der Waals surface area (Å²) in [6, 6.07) is 2.71. The molecule has 9 heteroatoms. The van der Waals surface area contributed by atoms with E-state index in [-0.39, 0.29) is 24.6 Å². The Morgan fingerprint density at radius 3 is 2.61 bits per heavy atom. The van der Waals surface area contributed by atoms with Crippen molar-refractivity contribution < 1.29 is 14.7 Å². The third-order valence-corrected chi connectivity index (χ3v) is 4.80. The first kappa shape index (κ1) is 20.1. The number of aliphatic imine (C=N–C) groups is 1. The van der Waals surface area contributed by atoms with E-state index in [0.717, 1.165) is 12.0 Å². The number of nitrogens with zero attached hydrogens (tertiary/aromatic N) is 4. The number of aliphatic hydroxyl groups is 1. The monoisotopic (exact) mass is 388 g/mol. The molecule has 2 aliphatic rings. The van der Waals surface area contributed by atoms with Crippen molar-refractivity contribution in [1.29, 1.82) is 0 Å². The van der Waals surface area contributed by atoms with Crippen LogP contribution < -0.4 is 10.6 Å². The Hall–Kier alpha value is -2.68. The summed E-state index contributed by atoms with van der Waals surface area (Å²) in [5.41, 5.74) is 0.746. The van der Waals surface area contributed by atoms with Gasteiger partial charge in [0.15, 0.2) is 6.17 Å². The Balaban J connectivity index is 1.82. The number of hydrogen-bond acceptors (Lipinski definition) is 7. The van der Waals surface area contributed by atoms with Gasteiger partial charge in [0.25, 0.3) is 5.91 Å². The first-order valence-corrected chi connectivity index (χ1v) is 9.80. The molecule has 2 aliphatic heterocycles. The van der Waals surface area contributed by atoms with Crippen LogP contribution in [0.25, 0.3) is 0 Å². The molecule has 3 heterocycles. The highest BCUT2D eigenvalue weighted by Gasteiger charge is 2.49. The fourth-order valence-corrected chi connectivity index (χ4v) is 3.41. The quantitative estimate of drug-likeness (QED) is 0.613. The van der Waals surface area contributed by atoms with Crippen molar-refractivity contribution >= 4 is 23.6 Å². The number of carbonyl (C=O) groups is 2. The fraction of sp³-hybridized carbons (Fsp3) is 0.579. The summed E-state index contributed by atoms with van der Waals surface area (Å²) in [6.45, 7) is 6.77. The number of nitrogens with one attached hydrogen (secondary N) is 2. The number of amides is 3. The summed E-state index contributed by atoms with van der Waals surface area (Å²) in [7, 11) is 0. The Bertz CT molecular complexity index is 751. The maximum absolute atomic E-state index is 12.8. The first-order chi connectivity index (χ1) is 13.5. The lowest BCUT2D eigenvalue weighted by molar-refractivity contribution is -0.134. The molecule has 0 saturated carbocycles. The van der Waals surface area contributed by atoms with Crippen molar-refractivity contribution in [3.63, 3.8) is 0 Å². The number of rotatable bonds is 8. The second kappa shape index (κ2) is 8.55. The van der Waals surface area contributed by atoms with Crippen LogP contribution in [0.5, 0.6) is 0 Å². The lowest BCUT2D eigenvalue weighted by atomic mass is 10.1. The van der Waals surface area contributed by atoms with E-state index in [1.807, 2.05) is 26.8 Å². The molecule has 3 unspecified atom stereocenters. The minimum Gasteiger partial charge on any atom is -0.394 e. The van der Waals surface area contributed by atoms with Crippen LogP contribution in [-0.2, 0) is 4.79 Å². The zero-order valence-electron chi connectivity index (χ0n) is 16.6. The largest absolute Gasteiger partial charge is 0.394 e. The molecule has 3 atom stereocenters. The molecule has 0 radical (unpaired) electrons. The number of aliphatic hydroxyl groups excluding tert-OH is 1. The Labute approximate surface area is 164 Å². The van der Waals surface area contributed by atoms with Crippen LogP contribution in [0.15, 0.2) is 23.3 Å². The fourth-order valence-electron chi connectivity index (χ4n) is 3.41. The second-order valence-electron chi connectivity index (χ2n) is 7.14. The number of urea groups is 1. The predicted octanol–water partition coefficient (Wildman–Crippen LogP) is 1.00. The van der Waals surface area contributed by atoms with Crippen molar-refractivity contribution in [3.8, 4) is 0 Å². The van der Waals surface area contributed by atoms with Gasteiger partial charge in [0.1, 0.15) is 17.7 Å². The van der Waals surface area contributed by atoms with Crippen LogP contribution in [-0.4, -0.2) is 75.6 Å². The summed E-state index contributed by atoms with van der Waals surface area (Å²) < 4.78 is 0. The van der Waals surface area contributed by atoms with E-state index >= 15 is 0 Å². The number of imide groups is 1. The third-order valence-electron chi connectivity index (χ3n) is 4.80. The molecule has 3 rings (SSSR count). The summed E-state index contributed by atoms with van der Waals surface area (Å²) in [4.78, 5) is 37.6. The van der Waals surface area contributed by atoms with Gasteiger partial charge in [-0.05, 0) is 31.9 Å². The average molecular weight is 388 g/mol. The van der Waals surface area contributed by atoms with Crippen molar-refractivity contribution in [2.24, 2.45) is 4.99 Å². The zero-order chi connectivity index (χ0) is 20.3. The van der Waals surface area contributed by atoms with Gasteiger partial charge in [0.2, 0.25) is 0 Å². The van der Waals surface area contributed by atoms with E-state index in [1.165, 1.54) is 4.90 Å². The van der Waals surface area contributed by atoms with Crippen LogP contribution in [0.1, 0.15) is 39.2 Å². The molecule has 1 aromatic heterocycles. The highest BCUT2D eigenvalue weighted by atomic mass is 16.3. The van der Waals surface area contributed by atoms with Gasteiger partial charge < -0.3 is 15.7 Å². The number of hydrogen-bond donors (Lipinski definition) is 3. The van der Waals surface area contributed by atoms with E-state index in [0.29, 0.717) is 31.2 Å². The number of pyridine rings is 1. The number of fused-ring (bicyclic) bond motifs is 1. The molecule has 0 bridgehead atoms. The minimum atomic E-state index is -0.571. The molecule has 0 spiro atoms. The van der Waals surface area contributed by atoms with Crippen molar-refractivity contribution in [1.82, 2.24) is 20.1 Å². The zero-order valence-corrected chi connectivity index (χ0v) is 16.6. The maximum atomic E-state index is 12.8. The molecule has 3 N–H and O–H groups in total. The number of carbonyl (C=O) groups excluding carboxylic acids is 2. The number of amidine groups is 1. The first-order valence-electron chi connectivity index (χ1n) is 9.80. The van der Waals surface area contributed by atoms with Gasteiger partial charge in [-0.15, -0.1) is 0 Å². The molecule has 1 fully saturated rings. The molecular formula is C19H28N6O3. The number of anilines is 1. The predicted molar refractivity (Wildman–Crippen MR) is 106 cm³/mol.